The van der Waals surface area contributed by atoms with Crippen LogP contribution in [0.5, 0.6) is 5.75 Å². The fourth-order valence-corrected chi connectivity index (χ4v) is 4.37. The van der Waals surface area contributed by atoms with Gasteiger partial charge in [-0.3, -0.25) is 14.7 Å². The van der Waals surface area contributed by atoms with E-state index in [-0.39, 0.29) is 5.91 Å². The van der Waals surface area contributed by atoms with E-state index in [9.17, 15) is 4.79 Å². The second kappa shape index (κ2) is 10.6. The van der Waals surface area contributed by atoms with Crippen LogP contribution in [0.1, 0.15) is 55.1 Å². The number of carbonyl (C=O) groups is 1. The van der Waals surface area contributed by atoms with Crippen LogP contribution in [0.25, 0.3) is 0 Å². The molecule has 1 fully saturated rings. The van der Waals surface area contributed by atoms with Gasteiger partial charge in [-0.1, -0.05) is 12.1 Å². The lowest BCUT2D eigenvalue weighted by Gasteiger charge is -2.33. The Hall–Kier alpha value is -2.40. The number of rotatable bonds is 8. The molecule has 0 unspecified atom stereocenters. The molecular formula is C25H35N3O2. The molecule has 1 atom stereocenters. The summed E-state index contributed by atoms with van der Waals surface area (Å²) in [6.07, 6.45) is 3.13. The van der Waals surface area contributed by atoms with Gasteiger partial charge in [-0.15, -0.1) is 0 Å². The van der Waals surface area contributed by atoms with E-state index in [1.54, 1.807) is 7.11 Å². The Morgan fingerprint density at radius 2 is 1.90 bits per heavy atom. The van der Waals surface area contributed by atoms with Gasteiger partial charge in [0.1, 0.15) is 5.75 Å². The molecule has 3 rings (SSSR count). The normalized spacial score (nSPS) is 17.0. The van der Waals surface area contributed by atoms with Crippen molar-refractivity contribution >= 4 is 5.91 Å². The van der Waals surface area contributed by atoms with Gasteiger partial charge < -0.3 is 9.64 Å². The highest BCUT2D eigenvalue weighted by Gasteiger charge is 2.25. The molecule has 2 aromatic rings. The van der Waals surface area contributed by atoms with Crippen molar-refractivity contribution < 1.29 is 9.53 Å². The van der Waals surface area contributed by atoms with Gasteiger partial charge in [-0.2, -0.15) is 0 Å². The zero-order valence-corrected chi connectivity index (χ0v) is 18.9. The standard InChI is InChI=1S/C25H35N3O2/c1-5-28(6-2)25(29)18-27-13-7-8-22(17-27)24-16-21(14-19(3)26-24)15-20-9-11-23(30-4)12-10-20/h9-12,14,16,22H,5-8,13,15,17-18H2,1-4H3/t22-/m1/s1. The van der Waals surface area contributed by atoms with Crippen LogP contribution in [0.15, 0.2) is 36.4 Å². The summed E-state index contributed by atoms with van der Waals surface area (Å²) in [5.41, 5.74) is 4.78. The van der Waals surface area contributed by atoms with Gasteiger partial charge >= 0.3 is 0 Å². The fourth-order valence-electron chi connectivity index (χ4n) is 4.37. The minimum atomic E-state index is 0.234. The number of piperidine rings is 1. The molecule has 30 heavy (non-hydrogen) atoms. The minimum absolute atomic E-state index is 0.234. The fraction of sp³-hybridized carbons (Fsp3) is 0.520. The average Bonchev–Trinajstić information content (AvgIpc) is 2.75. The largest absolute Gasteiger partial charge is 0.497 e. The number of pyridine rings is 1. The van der Waals surface area contributed by atoms with E-state index in [0.717, 1.165) is 56.9 Å². The van der Waals surface area contributed by atoms with Crippen molar-refractivity contribution in [3.63, 3.8) is 0 Å². The van der Waals surface area contributed by atoms with Crippen LogP contribution < -0.4 is 4.74 Å². The van der Waals surface area contributed by atoms with Crippen LogP contribution in [0, 0.1) is 6.92 Å². The second-order valence-electron chi connectivity index (χ2n) is 8.21. The van der Waals surface area contributed by atoms with E-state index in [0.29, 0.717) is 12.5 Å². The number of carbonyl (C=O) groups excluding carboxylic acids is 1. The van der Waals surface area contributed by atoms with Crippen LogP contribution in [0.2, 0.25) is 0 Å². The third kappa shape index (κ3) is 5.82. The Kier molecular flexibility index (Phi) is 7.86. The van der Waals surface area contributed by atoms with Crippen molar-refractivity contribution in [3.05, 3.63) is 58.9 Å². The van der Waals surface area contributed by atoms with Crippen molar-refractivity contribution in [1.82, 2.24) is 14.8 Å². The molecule has 1 aliphatic heterocycles. The summed E-state index contributed by atoms with van der Waals surface area (Å²) in [6, 6.07) is 12.7. The molecule has 1 aliphatic rings. The molecule has 1 saturated heterocycles. The second-order valence-corrected chi connectivity index (χ2v) is 8.21. The van der Waals surface area contributed by atoms with E-state index in [2.05, 4.69) is 36.1 Å². The lowest BCUT2D eigenvalue weighted by molar-refractivity contribution is -0.132. The summed E-state index contributed by atoms with van der Waals surface area (Å²) in [7, 11) is 1.69. The molecule has 0 spiro atoms. The Bertz CT molecular complexity index is 831. The predicted octanol–water partition coefficient (Wildman–Crippen LogP) is 4.04. The molecule has 5 nitrogen and oxygen atoms in total. The number of aryl methyl sites for hydroxylation is 1. The quantitative estimate of drug-likeness (QED) is 0.660. The summed E-state index contributed by atoms with van der Waals surface area (Å²) >= 11 is 0. The van der Waals surface area contributed by atoms with Gasteiger partial charge in [0.2, 0.25) is 5.91 Å². The predicted molar refractivity (Wildman–Crippen MR) is 121 cm³/mol. The topological polar surface area (TPSA) is 45.7 Å². The van der Waals surface area contributed by atoms with E-state index in [1.165, 1.54) is 16.8 Å². The highest BCUT2D eigenvalue weighted by molar-refractivity contribution is 5.78. The Morgan fingerprint density at radius 3 is 2.57 bits per heavy atom. The molecule has 162 valence electrons. The molecule has 0 aliphatic carbocycles. The SMILES string of the molecule is CCN(CC)C(=O)CN1CCC[C@@H](c2cc(Cc3ccc(OC)cc3)cc(C)n2)C1. The molecule has 0 bridgehead atoms. The summed E-state index contributed by atoms with van der Waals surface area (Å²) in [4.78, 5) is 21.6. The molecule has 1 aromatic carbocycles. The smallest absolute Gasteiger partial charge is 0.236 e. The van der Waals surface area contributed by atoms with E-state index < -0.39 is 0 Å². The Morgan fingerprint density at radius 1 is 1.17 bits per heavy atom. The number of likely N-dealkylation sites (N-methyl/N-ethyl adjacent to an activating group) is 1. The maximum Gasteiger partial charge on any atom is 0.236 e. The van der Waals surface area contributed by atoms with E-state index >= 15 is 0 Å². The van der Waals surface area contributed by atoms with Gasteiger partial charge in [0, 0.05) is 36.9 Å². The third-order valence-corrected chi connectivity index (χ3v) is 6.00. The number of ether oxygens (including phenoxy) is 1. The van der Waals surface area contributed by atoms with Crippen LogP contribution >= 0.6 is 0 Å². The first-order chi connectivity index (χ1) is 14.5. The zero-order chi connectivity index (χ0) is 21.5. The van der Waals surface area contributed by atoms with Crippen LogP contribution in [0.3, 0.4) is 0 Å². The lowest BCUT2D eigenvalue weighted by Crippen LogP contribution is -2.43. The number of amides is 1. The Labute approximate surface area is 181 Å². The first kappa shape index (κ1) is 22.3. The molecule has 5 heteroatoms. The van der Waals surface area contributed by atoms with Gasteiger partial charge in [0.25, 0.3) is 0 Å². The van der Waals surface area contributed by atoms with E-state index in [1.807, 2.05) is 30.9 Å². The van der Waals surface area contributed by atoms with Crippen LogP contribution in [-0.2, 0) is 11.2 Å². The van der Waals surface area contributed by atoms with E-state index in [4.69, 9.17) is 9.72 Å². The highest BCUT2D eigenvalue weighted by Crippen LogP contribution is 2.27. The average molecular weight is 410 g/mol. The molecule has 0 N–H and O–H groups in total. The monoisotopic (exact) mass is 409 g/mol. The van der Waals surface area contributed by atoms with Crippen LogP contribution in [-0.4, -0.2) is 60.5 Å². The van der Waals surface area contributed by atoms with Crippen molar-refractivity contribution in [3.8, 4) is 5.75 Å². The van der Waals surface area contributed by atoms with Crippen molar-refractivity contribution in [2.24, 2.45) is 0 Å². The van der Waals surface area contributed by atoms with Gasteiger partial charge in [-0.05, 0) is 82.0 Å². The van der Waals surface area contributed by atoms with Gasteiger partial charge in [0.05, 0.1) is 13.7 Å². The lowest BCUT2D eigenvalue weighted by atomic mass is 9.92. The molecule has 0 radical (unpaired) electrons. The molecule has 1 amide bonds. The number of aromatic nitrogens is 1. The maximum absolute atomic E-state index is 12.5. The number of likely N-dealkylation sites (tertiary alicyclic amines) is 1. The third-order valence-electron chi connectivity index (χ3n) is 6.00. The Balaban J connectivity index is 1.69. The van der Waals surface area contributed by atoms with Crippen molar-refractivity contribution in [2.75, 3.05) is 39.8 Å². The summed E-state index contributed by atoms with van der Waals surface area (Å²) in [5, 5.41) is 0. The first-order valence-electron chi connectivity index (χ1n) is 11.1. The van der Waals surface area contributed by atoms with Gasteiger partial charge in [-0.25, -0.2) is 0 Å². The highest BCUT2D eigenvalue weighted by atomic mass is 16.5. The zero-order valence-electron chi connectivity index (χ0n) is 18.9. The molecule has 2 heterocycles. The number of methoxy groups -OCH3 is 1. The first-order valence-corrected chi connectivity index (χ1v) is 11.1. The van der Waals surface area contributed by atoms with Crippen molar-refractivity contribution in [1.29, 1.82) is 0 Å². The molecular weight excluding hydrogens is 374 g/mol. The maximum atomic E-state index is 12.5. The van der Waals surface area contributed by atoms with Gasteiger partial charge in [0.15, 0.2) is 0 Å². The number of hydrogen-bond donors (Lipinski definition) is 0. The number of nitrogens with zero attached hydrogens (tertiary/aromatic N) is 3. The summed E-state index contributed by atoms with van der Waals surface area (Å²) < 4.78 is 5.26. The van der Waals surface area contributed by atoms with Crippen LogP contribution in [0.4, 0.5) is 0 Å². The summed E-state index contributed by atoms with van der Waals surface area (Å²) in [6.45, 7) is 10.1. The number of hydrogen-bond acceptors (Lipinski definition) is 4. The minimum Gasteiger partial charge on any atom is -0.497 e. The van der Waals surface area contributed by atoms with Crippen molar-refractivity contribution in [2.45, 2.75) is 46.0 Å². The summed E-state index contributed by atoms with van der Waals surface area (Å²) in [5.74, 6) is 1.50. The number of benzene rings is 1. The molecule has 0 saturated carbocycles. The molecule has 1 aromatic heterocycles.